The summed E-state index contributed by atoms with van der Waals surface area (Å²) < 4.78 is 14.6. The molecule has 156 valence electrons. The van der Waals surface area contributed by atoms with E-state index in [1.54, 1.807) is 12.1 Å². The molecule has 4 aromatic rings. The number of carbonyl (C=O) groups excluding carboxylic acids is 1. The number of aryl methyl sites for hydroxylation is 2. The van der Waals surface area contributed by atoms with E-state index in [1.807, 2.05) is 25.1 Å². The molecule has 2 heterocycles. The van der Waals surface area contributed by atoms with Crippen LogP contribution in [-0.2, 0) is 6.42 Å². The lowest BCUT2D eigenvalue weighted by molar-refractivity contribution is 0.0950. The van der Waals surface area contributed by atoms with Gasteiger partial charge in [0.1, 0.15) is 23.3 Å². The molecule has 2 aromatic heterocycles. The second kappa shape index (κ2) is 8.28. The highest BCUT2D eigenvalue weighted by Crippen LogP contribution is 2.22. The first-order valence-corrected chi connectivity index (χ1v) is 9.74. The summed E-state index contributed by atoms with van der Waals surface area (Å²) in [7, 11) is 0. The third kappa shape index (κ3) is 3.96. The Kier molecular flexibility index (Phi) is 5.37. The maximum atomic E-state index is 13.2. The van der Waals surface area contributed by atoms with E-state index in [4.69, 9.17) is 5.73 Å². The minimum absolute atomic E-state index is 0.200. The van der Waals surface area contributed by atoms with E-state index >= 15 is 0 Å². The number of aromatic amines is 1. The van der Waals surface area contributed by atoms with Crippen molar-refractivity contribution in [3.63, 3.8) is 0 Å². The molecule has 0 fully saturated rings. The van der Waals surface area contributed by atoms with Crippen LogP contribution in [0.5, 0.6) is 0 Å². The minimum atomic E-state index is -0.370. The number of fused-ring (bicyclic) bond motifs is 1. The van der Waals surface area contributed by atoms with Gasteiger partial charge < -0.3 is 11.1 Å². The van der Waals surface area contributed by atoms with Gasteiger partial charge in [-0.05, 0) is 56.2 Å². The molecule has 4 rings (SSSR count). The second-order valence-corrected chi connectivity index (χ2v) is 7.19. The van der Waals surface area contributed by atoms with Crippen LogP contribution in [0.2, 0.25) is 0 Å². The number of amides is 1. The molecule has 0 saturated heterocycles. The number of nitrogens with one attached hydrogen (secondary N) is 2. The maximum Gasteiger partial charge on any atom is 0.272 e. The first-order chi connectivity index (χ1) is 15.0. The van der Waals surface area contributed by atoms with Crippen molar-refractivity contribution in [3.05, 3.63) is 70.8 Å². The highest BCUT2D eigenvalue weighted by Gasteiger charge is 2.17. The van der Waals surface area contributed by atoms with Crippen molar-refractivity contribution in [2.45, 2.75) is 19.8 Å². The third-order valence-electron chi connectivity index (χ3n) is 4.99. The monoisotopic (exact) mass is 417 g/mol. The molecule has 0 aliphatic heterocycles. The Balaban J connectivity index is 1.42. The average molecular weight is 417 g/mol. The molecule has 2 aromatic carbocycles. The van der Waals surface area contributed by atoms with Crippen LogP contribution in [0.25, 0.3) is 16.6 Å². The molecule has 0 radical (unpaired) electrons. The van der Waals surface area contributed by atoms with Crippen LogP contribution < -0.4 is 11.1 Å². The number of benzene rings is 2. The van der Waals surface area contributed by atoms with Gasteiger partial charge >= 0.3 is 0 Å². The summed E-state index contributed by atoms with van der Waals surface area (Å²) in [6.45, 7) is 2.34. The summed E-state index contributed by atoms with van der Waals surface area (Å²) in [4.78, 5) is 12.5. The van der Waals surface area contributed by atoms with Crippen LogP contribution in [0.15, 0.2) is 42.5 Å². The van der Waals surface area contributed by atoms with Crippen LogP contribution in [0.4, 0.5) is 10.2 Å². The average Bonchev–Trinajstić information content (AvgIpc) is 3.32. The van der Waals surface area contributed by atoms with Crippen LogP contribution in [-0.4, -0.2) is 32.4 Å². The third-order valence-corrected chi connectivity index (χ3v) is 4.99. The summed E-state index contributed by atoms with van der Waals surface area (Å²) >= 11 is 0. The fraction of sp³-hybridized carbons (Fsp3) is 0.182. The lowest BCUT2D eigenvalue weighted by atomic mass is 10.1. The van der Waals surface area contributed by atoms with Gasteiger partial charge in [-0.3, -0.25) is 9.89 Å². The molecule has 0 atom stereocenters. The summed E-state index contributed by atoms with van der Waals surface area (Å²) in [5, 5.41) is 24.5. The van der Waals surface area contributed by atoms with Crippen molar-refractivity contribution in [2.24, 2.45) is 0 Å². The molecule has 0 bridgehead atoms. The number of hydrogen-bond acceptors (Lipinski definition) is 5. The lowest BCUT2D eigenvalue weighted by Crippen LogP contribution is -2.25. The van der Waals surface area contributed by atoms with Gasteiger partial charge in [0.05, 0.1) is 16.9 Å². The zero-order chi connectivity index (χ0) is 22.0. The zero-order valence-electron chi connectivity index (χ0n) is 16.8. The number of H-pyrrole nitrogens is 1. The summed E-state index contributed by atoms with van der Waals surface area (Å²) in [6.07, 6.45) is 1.00. The number of nitriles is 1. The van der Waals surface area contributed by atoms with E-state index in [2.05, 4.69) is 26.7 Å². The summed E-state index contributed by atoms with van der Waals surface area (Å²) in [5.41, 5.74) is 9.64. The lowest BCUT2D eigenvalue weighted by Gasteiger charge is -2.04. The largest absolute Gasteiger partial charge is 0.382 e. The normalized spacial score (nSPS) is 10.9. The number of halogens is 1. The maximum absolute atomic E-state index is 13.2. The number of nitrogens with two attached hydrogens (primary N) is 1. The Morgan fingerprint density at radius 3 is 2.81 bits per heavy atom. The van der Waals surface area contributed by atoms with E-state index in [1.165, 1.54) is 16.8 Å². The predicted molar refractivity (Wildman–Crippen MR) is 114 cm³/mol. The highest BCUT2D eigenvalue weighted by atomic mass is 19.1. The standard InChI is InChI=1S/C22H20FN7O/c1-13-4-9-18-16(11-13)20(28-27-18)22(31)26-10-2-3-19-17(12-24)21(25)30(29-19)15-7-5-14(23)6-8-15/h4-9,11H,2-3,10,25H2,1H3,(H,26,31)(H,27,28). The molecule has 0 unspecified atom stereocenters. The number of nitrogen functional groups attached to an aromatic ring is 1. The van der Waals surface area contributed by atoms with Crippen molar-refractivity contribution in [2.75, 3.05) is 12.3 Å². The smallest absolute Gasteiger partial charge is 0.272 e. The first kappa shape index (κ1) is 20.1. The predicted octanol–water partition coefficient (Wildman–Crippen LogP) is 3.01. The fourth-order valence-electron chi connectivity index (χ4n) is 3.40. The van der Waals surface area contributed by atoms with Gasteiger partial charge in [0.2, 0.25) is 0 Å². The van der Waals surface area contributed by atoms with Crippen molar-refractivity contribution in [1.29, 1.82) is 5.26 Å². The number of rotatable bonds is 6. The topological polar surface area (TPSA) is 125 Å². The van der Waals surface area contributed by atoms with E-state index in [9.17, 15) is 14.4 Å². The molecule has 0 aliphatic carbocycles. The van der Waals surface area contributed by atoms with Gasteiger partial charge in [0.25, 0.3) is 5.91 Å². The molecule has 8 nitrogen and oxygen atoms in total. The molecular weight excluding hydrogens is 397 g/mol. The summed E-state index contributed by atoms with van der Waals surface area (Å²) in [5.74, 6) is -0.439. The SMILES string of the molecule is Cc1ccc2[nH]nc(C(=O)NCCCc3nn(-c4ccc(F)cc4)c(N)c3C#N)c2c1. The highest BCUT2D eigenvalue weighted by molar-refractivity contribution is 6.04. The molecule has 0 saturated carbocycles. The van der Waals surface area contributed by atoms with Crippen LogP contribution in [0, 0.1) is 24.1 Å². The Morgan fingerprint density at radius 2 is 2.06 bits per heavy atom. The molecule has 9 heteroatoms. The molecule has 0 spiro atoms. The molecule has 1 amide bonds. The Morgan fingerprint density at radius 1 is 1.29 bits per heavy atom. The van der Waals surface area contributed by atoms with Gasteiger partial charge in [0, 0.05) is 11.9 Å². The van der Waals surface area contributed by atoms with Gasteiger partial charge in [-0.1, -0.05) is 11.6 Å². The van der Waals surface area contributed by atoms with E-state index in [0.717, 1.165) is 16.5 Å². The van der Waals surface area contributed by atoms with Crippen molar-refractivity contribution >= 4 is 22.6 Å². The second-order valence-electron chi connectivity index (χ2n) is 7.19. The number of carbonyl (C=O) groups is 1. The number of hydrogen-bond donors (Lipinski definition) is 3. The summed E-state index contributed by atoms with van der Waals surface area (Å²) in [6, 6.07) is 13.5. The van der Waals surface area contributed by atoms with Gasteiger partial charge in [0.15, 0.2) is 5.69 Å². The van der Waals surface area contributed by atoms with Crippen LogP contribution in [0.1, 0.15) is 33.7 Å². The van der Waals surface area contributed by atoms with Crippen LogP contribution in [0.3, 0.4) is 0 Å². The van der Waals surface area contributed by atoms with E-state index in [0.29, 0.717) is 36.5 Å². The minimum Gasteiger partial charge on any atom is -0.382 e. The van der Waals surface area contributed by atoms with E-state index < -0.39 is 0 Å². The number of aromatic nitrogens is 4. The van der Waals surface area contributed by atoms with Crippen LogP contribution >= 0.6 is 0 Å². The first-order valence-electron chi connectivity index (χ1n) is 9.74. The van der Waals surface area contributed by atoms with Crippen molar-refractivity contribution < 1.29 is 9.18 Å². The Labute approximate surface area is 177 Å². The molecular formula is C22H20FN7O. The van der Waals surface area contributed by atoms with Gasteiger partial charge in [-0.15, -0.1) is 0 Å². The number of anilines is 1. The quantitative estimate of drug-likeness (QED) is 0.416. The molecule has 0 aliphatic rings. The zero-order valence-corrected chi connectivity index (χ0v) is 16.8. The van der Waals surface area contributed by atoms with Gasteiger partial charge in [-0.25, -0.2) is 9.07 Å². The van der Waals surface area contributed by atoms with E-state index in [-0.39, 0.29) is 23.1 Å². The Bertz CT molecular complexity index is 1300. The molecule has 4 N–H and O–H groups in total. The number of nitrogens with zero attached hydrogens (tertiary/aromatic N) is 4. The Hall–Kier alpha value is -4.19. The molecule has 31 heavy (non-hydrogen) atoms. The fourth-order valence-corrected chi connectivity index (χ4v) is 3.40. The van der Waals surface area contributed by atoms with Gasteiger partial charge in [-0.2, -0.15) is 15.5 Å². The van der Waals surface area contributed by atoms with Crippen molar-refractivity contribution in [3.8, 4) is 11.8 Å². The van der Waals surface area contributed by atoms with Crippen molar-refractivity contribution in [1.82, 2.24) is 25.3 Å².